The smallest absolute Gasteiger partial charge is 0.143 e. The van der Waals surface area contributed by atoms with Gasteiger partial charge < -0.3 is 5.73 Å². The Hall–Kier alpha value is -0.420. The summed E-state index contributed by atoms with van der Waals surface area (Å²) in [5, 5.41) is 1.50. The van der Waals surface area contributed by atoms with Gasteiger partial charge >= 0.3 is 0 Å². The van der Waals surface area contributed by atoms with E-state index in [0.717, 1.165) is 9.37 Å². The van der Waals surface area contributed by atoms with E-state index in [1.807, 2.05) is 24.3 Å². The van der Waals surface area contributed by atoms with Gasteiger partial charge in [0.1, 0.15) is 10.8 Å². The SMILES string of the molecule is Nc1nc(Sc2ccccc2Br)c(Cl)cc1Cl. The lowest BCUT2D eigenvalue weighted by Gasteiger charge is -2.07. The van der Waals surface area contributed by atoms with Crippen molar-refractivity contribution in [3.05, 3.63) is 44.8 Å². The molecule has 0 radical (unpaired) electrons. The minimum absolute atomic E-state index is 0.283. The Morgan fingerprint density at radius 1 is 1.18 bits per heavy atom. The lowest BCUT2D eigenvalue weighted by molar-refractivity contribution is 1.14. The van der Waals surface area contributed by atoms with Crippen molar-refractivity contribution < 1.29 is 0 Å². The van der Waals surface area contributed by atoms with E-state index in [-0.39, 0.29) is 5.82 Å². The third-order valence-electron chi connectivity index (χ3n) is 1.97. The normalized spacial score (nSPS) is 10.5. The summed E-state index contributed by atoms with van der Waals surface area (Å²) < 4.78 is 0.983. The summed E-state index contributed by atoms with van der Waals surface area (Å²) in [5.41, 5.74) is 5.65. The summed E-state index contributed by atoms with van der Waals surface area (Å²) >= 11 is 16.8. The monoisotopic (exact) mass is 348 g/mol. The van der Waals surface area contributed by atoms with Crippen LogP contribution in [0.1, 0.15) is 0 Å². The molecule has 0 bridgehead atoms. The van der Waals surface area contributed by atoms with E-state index in [1.165, 1.54) is 11.8 Å². The van der Waals surface area contributed by atoms with E-state index in [2.05, 4.69) is 20.9 Å². The number of hydrogen-bond acceptors (Lipinski definition) is 3. The first kappa shape index (κ1) is 13.0. The van der Waals surface area contributed by atoms with Gasteiger partial charge in [0.15, 0.2) is 0 Å². The number of anilines is 1. The highest BCUT2D eigenvalue weighted by atomic mass is 79.9. The molecule has 0 spiro atoms. The summed E-state index contributed by atoms with van der Waals surface area (Å²) in [6.45, 7) is 0. The Balaban J connectivity index is 2.37. The molecule has 2 aromatic rings. The van der Waals surface area contributed by atoms with Crippen molar-refractivity contribution in [3.8, 4) is 0 Å². The van der Waals surface area contributed by atoms with E-state index >= 15 is 0 Å². The van der Waals surface area contributed by atoms with Gasteiger partial charge in [-0.2, -0.15) is 0 Å². The van der Waals surface area contributed by atoms with E-state index < -0.39 is 0 Å². The number of hydrogen-bond donors (Lipinski definition) is 1. The first-order chi connectivity index (χ1) is 8.08. The van der Waals surface area contributed by atoms with Gasteiger partial charge in [0.25, 0.3) is 0 Å². The van der Waals surface area contributed by atoms with Crippen LogP contribution >= 0.6 is 50.9 Å². The highest BCUT2D eigenvalue weighted by Crippen LogP contribution is 2.37. The van der Waals surface area contributed by atoms with Crippen molar-refractivity contribution in [3.63, 3.8) is 0 Å². The van der Waals surface area contributed by atoms with Crippen LogP contribution in [0.4, 0.5) is 5.82 Å². The molecule has 1 heterocycles. The van der Waals surface area contributed by atoms with Crippen molar-refractivity contribution in [2.24, 2.45) is 0 Å². The molecule has 0 aliphatic rings. The van der Waals surface area contributed by atoms with Crippen molar-refractivity contribution in [2.75, 3.05) is 5.73 Å². The summed E-state index contributed by atoms with van der Waals surface area (Å²) in [7, 11) is 0. The van der Waals surface area contributed by atoms with Crippen LogP contribution < -0.4 is 5.73 Å². The third-order valence-corrected chi connectivity index (χ3v) is 4.71. The molecule has 2 N–H and O–H groups in total. The lowest BCUT2D eigenvalue weighted by atomic mass is 10.4. The Bertz CT molecular complexity index is 563. The number of pyridine rings is 1. The van der Waals surface area contributed by atoms with Crippen LogP contribution in [0.15, 0.2) is 44.7 Å². The van der Waals surface area contributed by atoms with Gasteiger partial charge in [-0.25, -0.2) is 4.98 Å². The average molecular weight is 350 g/mol. The van der Waals surface area contributed by atoms with Crippen LogP contribution in [0.3, 0.4) is 0 Å². The van der Waals surface area contributed by atoms with Crippen LogP contribution in [0.5, 0.6) is 0 Å². The predicted molar refractivity (Wildman–Crippen MR) is 76.9 cm³/mol. The minimum atomic E-state index is 0.283. The van der Waals surface area contributed by atoms with E-state index in [1.54, 1.807) is 6.07 Å². The number of rotatable bonds is 2. The summed E-state index contributed by atoms with van der Waals surface area (Å²) in [4.78, 5) is 5.18. The van der Waals surface area contributed by atoms with Gasteiger partial charge in [-0.15, -0.1) is 0 Å². The number of benzene rings is 1. The molecule has 17 heavy (non-hydrogen) atoms. The second kappa shape index (κ2) is 5.48. The fourth-order valence-corrected chi connectivity index (χ4v) is 2.99. The van der Waals surface area contributed by atoms with Crippen LogP contribution in [0, 0.1) is 0 Å². The van der Waals surface area contributed by atoms with E-state index in [0.29, 0.717) is 15.1 Å². The van der Waals surface area contributed by atoms with E-state index in [4.69, 9.17) is 28.9 Å². The molecule has 6 heteroatoms. The van der Waals surface area contributed by atoms with Crippen molar-refractivity contribution in [1.29, 1.82) is 0 Å². The zero-order valence-electron chi connectivity index (χ0n) is 8.45. The minimum Gasteiger partial charge on any atom is -0.382 e. The maximum Gasteiger partial charge on any atom is 0.143 e. The first-order valence-corrected chi connectivity index (χ1v) is 6.98. The zero-order chi connectivity index (χ0) is 12.4. The lowest BCUT2D eigenvalue weighted by Crippen LogP contribution is -1.93. The second-order valence-electron chi connectivity index (χ2n) is 3.17. The van der Waals surface area contributed by atoms with Gasteiger partial charge in [0.2, 0.25) is 0 Å². The number of aromatic nitrogens is 1. The van der Waals surface area contributed by atoms with Gasteiger partial charge in [-0.3, -0.25) is 0 Å². The Morgan fingerprint density at radius 2 is 1.88 bits per heavy atom. The predicted octanol–water partition coefficient (Wildman–Crippen LogP) is 4.88. The van der Waals surface area contributed by atoms with Crippen LogP contribution in [-0.2, 0) is 0 Å². The molecular weight excluding hydrogens is 343 g/mol. The number of nitrogens with two attached hydrogens (primary N) is 1. The summed E-state index contributed by atoms with van der Waals surface area (Å²) in [5.74, 6) is 0.283. The molecular formula is C11H7BrCl2N2S. The maximum atomic E-state index is 6.07. The van der Waals surface area contributed by atoms with Gasteiger partial charge in [0.05, 0.1) is 10.0 Å². The number of nitrogens with zero attached hydrogens (tertiary/aromatic N) is 1. The van der Waals surface area contributed by atoms with Gasteiger partial charge in [-0.05, 0) is 34.1 Å². The molecule has 0 unspecified atom stereocenters. The molecule has 0 aliphatic heterocycles. The van der Waals surface area contributed by atoms with Crippen molar-refractivity contribution in [2.45, 2.75) is 9.92 Å². The first-order valence-electron chi connectivity index (χ1n) is 4.62. The van der Waals surface area contributed by atoms with Gasteiger partial charge in [-0.1, -0.05) is 47.1 Å². The van der Waals surface area contributed by atoms with Crippen molar-refractivity contribution in [1.82, 2.24) is 4.98 Å². The highest BCUT2D eigenvalue weighted by molar-refractivity contribution is 9.10. The Kier molecular flexibility index (Phi) is 4.20. The molecule has 88 valence electrons. The second-order valence-corrected chi connectivity index (χ2v) is 5.87. The third kappa shape index (κ3) is 3.07. The molecule has 0 saturated carbocycles. The average Bonchev–Trinajstić information content (AvgIpc) is 2.29. The molecule has 0 atom stereocenters. The molecule has 0 amide bonds. The number of nitrogen functional groups attached to an aromatic ring is 1. The zero-order valence-corrected chi connectivity index (χ0v) is 12.4. The molecule has 1 aromatic heterocycles. The molecule has 2 nitrogen and oxygen atoms in total. The fraction of sp³-hybridized carbons (Fsp3) is 0. The summed E-state index contributed by atoms with van der Waals surface area (Å²) in [6.07, 6.45) is 0. The topological polar surface area (TPSA) is 38.9 Å². The Morgan fingerprint density at radius 3 is 2.59 bits per heavy atom. The van der Waals surface area contributed by atoms with Crippen LogP contribution in [0.2, 0.25) is 10.0 Å². The van der Waals surface area contributed by atoms with E-state index in [9.17, 15) is 0 Å². The fourth-order valence-electron chi connectivity index (χ4n) is 1.17. The highest BCUT2D eigenvalue weighted by Gasteiger charge is 2.10. The van der Waals surface area contributed by atoms with Gasteiger partial charge in [0, 0.05) is 9.37 Å². The molecule has 0 saturated heterocycles. The number of halogens is 3. The maximum absolute atomic E-state index is 6.07. The molecule has 0 aliphatic carbocycles. The van der Waals surface area contributed by atoms with Crippen molar-refractivity contribution >= 4 is 56.7 Å². The van der Waals surface area contributed by atoms with Crippen LogP contribution in [0.25, 0.3) is 0 Å². The summed E-state index contributed by atoms with van der Waals surface area (Å²) in [6, 6.07) is 9.41. The van der Waals surface area contributed by atoms with Crippen LogP contribution in [-0.4, -0.2) is 4.98 Å². The quantitative estimate of drug-likeness (QED) is 0.839. The Labute approximate surface area is 122 Å². The molecule has 0 fully saturated rings. The standard InChI is InChI=1S/C11H7BrCl2N2S/c12-6-3-1-2-4-9(6)17-11-8(14)5-7(13)10(15)16-11/h1-5H,(H2,15,16). The molecule has 1 aromatic carbocycles. The largest absolute Gasteiger partial charge is 0.382 e. The molecule has 2 rings (SSSR count).